The molecule has 2 heteroatoms. The van der Waals surface area contributed by atoms with Crippen LogP contribution >= 0.6 is 0 Å². The third-order valence-electron chi connectivity index (χ3n) is 14.2. The van der Waals surface area contributed by atoms with E-state index in [1.54, 1.807) is 0 Å². The van der Waals surface area contributed by atoms with Crippen molar-refractivity contribution in [2.24, 2.45) is 0 Å². The van der Waals surface area contributed by atoms with Crippen LogP contribution in [0.15, 0.2) is 231 Å². The van der Waals surface area contributed by atoms with Gasteiger partial charge in [0.1, 0.15) is 0 Å². The summed E-state index contributed by atoms with van der Waals surface area (Å²) >= 11 is 0. The molecule has 0 N–H and O–H groups in total. The fraction of sp³-hybridized carbons (Fsp3) is 0.0164. The van der Waals surface area contributed by atoms with Gasteiger partial charge in [-0.15, -0.1) is 0 Å². The Morgan fingerprint density at radius 1 is 0.302 bits per heavy atom. The Balaban J connectivity index is 1.09. The highest BCUT2D eigenvalue weighted by molar-refractivity contribution is 6.26. The normalized spacial score (nSPS) is 13.2. The van der Waals surface area contributed by atoms with Crippen LogP contribution in [0.5, 0.6) is 0 Å². The molecule has 0 bridgehead atoms. The van der Waals surface area contributed by atoms with Gasteiger partial charge in [0, 0.05) is 27.8 Å². The fourth-order valence-corrected chi connectivity index (χ4v) is 11.7. The van der Waals surface area contributed by atoms with Crippen molar-refractivity contribution in [1.82, 2.24) is 4.57 Å². The lowest BCUT2D eigenvalue weighted by molar-refractivity contribution is 0.794. The minimum Gasteiger partial charge on any atom is -0.310 e. The molecule has 12 aromatic rings. The molecule has 0 fully saturated rings. The summed E-state index contributed by atoms with van der Waals surface area (Å²) in [5.41, 5.74) is 17.1. The van der Waals surface area contributed by atoms with Crippen molar-refractivity contribution < 1.29 is 0 Å². The van der Waals surface area contributed by atoms with Crippen LogP contribution in [0, 0.1) is 0 Å². The van der Waals surface area contributed by atoms with E-state index in [1.807, 2.05) is 0 Å². The average molecular weight is 799 g/mol. The van der Waals surface area contributed by atoms with E-state index in [0.717, 1.165) is 22.7 Å². The van der Waals surface area contributed by atoms with E-state index < -0.39 is 5.41 Å². The lowest BCUT2D eigenvalue weighted by atomic mass is 9.70. The number of anilines is 3. The second kappa shape index (κ2) is 12.9. The molecule has 1 heterocycles. The van der Waals surface area contributed by atoms with Gasteiger partial charge in [0.25, 0.3) is 0 Å². The molecular formula is C61H38N2. The van der Waals surface area contributed by atoms with E-state index in [-0.39, 0.29) is 0 Å². The molecule has 0 unspecified atom stereocenters. The first kappa shape index (κ1) is 34.5. The van der Waals surface area contributed by atoms with Crippen molar-refractivity contribution in [2.45, 2.75) is 5.41 Å². The zero-order valence-electron chi connectivity index (χ0n) is 34.3. The SMILES string of the molecule is c1ccc(-n2c3ccccc3c3c(N(c4ccc5c(c4)-c4ccccc4C54c5ccccc5-c5ccccc54)c4ccc5c6ccccc6c6ccccc6c5c4)cccc32)cc1. The van der Waals surface area contributed by atoms with Crippen molar-refractivity contribution in [1.29, 1.82) is 0 Å². The molecule has 292 valence electrons. The summed E-state index contributed by atoms with van der Waals surface area (Å²) in [6, 6.07) is 85.9. The zero-order chi connectivity index (χ0) is 41.2. The molecule has 63 heavy (non-hydrogen) atoms. The molecule has 14 rings (SSSR count). The summed E-state index contributed by atoms with van der Waals surface area (Å²) in [6.45, 7) is 0. The first-order chi connectivity index (χ1) is 31.3. The predicted octanol–water partition coefficient (Wildman–Crippen LogP) is 16.1. The molecule has 0 atom stereocenters. The minimum absolute atomic E-state index is 0.408. The third-order valence-corrected chi connectivity index (χ3v) is 14.2. The maximum atomic E-state index is 2.53. The molecule has 0 radical (unpaired) electrons. The van der Waals surface area contributed by atoms with Gasteiger partial charge in [0.15, 0.2) is 0 Å². The summed E-state index contributed by atoms with van der Waals surface area (Å²) < 4.78 is 2.42. The second-order valence-electron chi connectivity index (χ2n) is 17.1. The molecule has 1 aromatic heterocycles. The molecule has 1 spiro atoms. The topological polar surface area (TPSA) is 8.17 Å². The summed E-state index contributed by atoms with van der Waals surface area (Å²) in [4.78, 5) is 2.53. The Morgan fingerprint density at radius 3 is 1.41 bits per heavy atom. The van der Waals surface area contributed by atoms with Gasteiger partial charge in [-0.05, 0) is 131 Å². The third kappa shape index (κ3) is 4.57. The zero-order valence-corrected chi connectivity index (χ0v) is 34.3. The van der Waals surface area contributed by atoms with Gasteiger partial charge < -0.3 is 9.47 Å². The van der Waals surface area contributed by atoms with Gasteiger partial charge in [-0.1, -0.05) is 176 Å². The molecule has 0 aliphatic heterocycles. The van der Waals surface area contributed by atoms with E-state index >= 15 is 0 Å². The standard InChI is InChI=1S/C61H38N2/c1-2-17-39(18-3-1)63-57-30-15-11-26-50(57)60-58(31-16-32-59(60)63)62(40-33-35-46-44-21-5-4-19-42(44)43-20-6-7-22-45(43)51(46)37-40)41-34-36-56-52(38-41)49-25-10-14-29-55(49)61(56)53-27-12-8-23-47(53)48-24-9-13-28-54(48)61/h1-38H. The van der Waals surface area contributed by atoms with Gasteiger partial charge >= 0.3 is 0 Å². The highest BCUT2D eigenvalue weighted by Crippen LogP contribution is 2.63. The molecule has 0 saturated heterocycles. The Bertz CT molecular complexity index is 3790. The van der Waals surface area contributed by atoms with E-state index in [9.17, 15) is 0 Å². The average Bonchev–Trinajstić information content (AvgIpc) is 3.97. The van der Waals surface area contributed by atoms with Crippen molar-refractivity contribution in [2.75, 3.05) is 4.90 Å². The maximum absolute atomic E-state index is 2.53. The van der Waals surface area contributed by atoms with E-state index in [2.05, 4.69) is 240 Å². The van der Waals surface area contributed by atoms with Crippen LogP contribution in [-0.4, -0.2) is 4.57 Å². The predicted molar refractivity (Wildman–Crippen MR) is 264 cm³/mol. The first-order valence-electron chi connectivity index (χ1n) is 21.9. The largest absolute Gasteiger partial charge is 0.310 e. The van der Waals surface area contributed by atoms with Gasteiger partial charge in [-0.3, -0.25) is 0 Å². The van der Waals surface area contributed by atoms with Gasteiger partial charge in [-0.2, -0.15) is 0 Å². The minimum atomic E-state index is -0.408. The summed E-state index contributed by atoms with van der Waals surface area (Å²) in [5.74, 6) is 0. The van der Waals surface area contributed by atoms with Crippen LogP contribution in [0.2, 0.25) is 0 Å². The first-order valence-corrected chi connectivity index (χ1v) is 21.9. The summed E-state index contributed by atoms with van der Waals surface area (Å²) in [7, 11) is 0. The number of hydrogen-bond donors (Lipinski definition) is 0. The van der Waals surface area contributed by atoms with Crippen LogP contribution in [0.1, 0.15) is 22.3 Å². The molecule has 2 aliphatic carbocycles. The monoisotopic (exact) mass is 798 g/mol. The quantitative estimate of drug-likeness (QED) is 0.161. The molecule has 0 amide bonds. The fourth-order valence-electron chi connectivity index (χ4n) is 11.7. The molecule has 0 saturated carbocycles. The van der Waals surface area contributed by atoms with Gasteiger partial charge in [0.2, 0.25) is 0 Å². The molecule has 2 aliphatic rings. The number of aromatic nitrogens is 1. The van der Waals surface area contributed by atoms with Crippen LogP contribution in [0.3, 0.4) is 0 Å². The van der Waals surface area contributed by atoms with Crippen LogP contribution in [-0.2, 0) is 5.41 Å². The lowest BCUT2D eigenvalue weighted by Crippen LogP contribution is -2.25. The number of benzene rings is 11. The number of hydrogen-bond acceptors (Lipinski definition) is 1. The Kier molecular flexibility index (Phi) is 7.07. The van der Waals surface area contributed by atoms with Crippen molar-refractivity contribution in [3.8, 4) is 27.9 Å². The summed E-state index contributed by atoms with van der Waals surface area (Å²) in [5, 5.41) is 10.0. The smallest absolute Gasteiger partial charge is 0.0725 e. The highest BCUT2D eigenvalue weighted by atomic mass is 15.1. The van der Waals surface area contributed by atoms with E-state index in [4.69, 9.17) is 0 Å². The van der Waals surface area contributed by atoms with Gasteiger partial charge in [-0.25, -0.2) is 0 Å². The number of nitrogens with zero attached hydrogens (tertiary/aromatic N) is 2. The van der Waals surface area contributed by atoms with Crippen LogP contribution in [0.4, 0.5) is 17.1 Å². The molecule has 2 nitrogen and oxygen atoms in total. The Morgan fingerprint density at radius 2 is 0.762 bits per heavy atom. The van der Waals surface area contributed by atoms with Gasteiger partial charge in [0.05, 0.1) is 22.1 Å². The van der Waals surface area contributed by atoms with E-state index in [1.165, 1.54) is 98.6 Å². The van der Waals surface area contributed by atoms with Crippen molar-refractivity contribution in [3.05, 3.63) is 253 Å². The Labute approximate surface area is 365 Å². The van der Waals surface area contributed by atoms with Crippen molar-refractivity contribution in [3.63, 3.8) is 0 Å². The van der Waals surface area contributed by atoms with Crippen LogP contribution in [0.25, 0.3) is 82.1 Å². The second-order valence-corrected chi connectivity index (χ2v) is 17.1. The number of para-hydroxylation sites is 2. The highest BCUT2D eigenvalue weighted by Gasteiger charge is 2.51. The Hall–Kier alpha value is -8.20. The van der Waals surface area contributed by atoms with Crippen LogP contribution < -0.4 is 4.90 Å². The summed E-state index contributed by atoms with van der Waals surface area (Å²) in [6.07, 6.45) is 0. The maximum Gasteiger partial charge on any atom is 0.0725 e. The van der Waals surface area contributed by atoms with E-state index in [0.29, 0.717) is 0 Å². The number of rotatable bonds is 4. The van der Waals surface area contributed by atoms with Crippen molar-refractivity contribution >= 4 is 71.2 Å². The molecular weight excluding hydrogens is 761 g/mol. The molecule has 11 aromatic carbocycles. The lowest BCUT2D eigenvalue weighted by Gasteiger charge is -2.31. The number of fused-ring (bicyclic) bond motifs is 19.